The van der Waals surface area contributed by atoms with E-state index < -0.39 is 0 Å². The average Bonchev–Trinajstić information content (AvgIpc) is 3.08. The van der Waals surface area contributed by atoms with Crippen molar-refractivity contribution in [1.29, 1.82) is 0 Å². The lowest BCUT2D eigenvalue weighted by atomic mass is 9.82. The van der Waals surface area contributed by atoms with Crippen LogP contribution in [-0.4, -0.2) is 0 Å². The highest BCUT2D eigenvalue weighted by Gasteiger charge is 2.28. The molecule has 3 aliphatic rings. The molecule has 0 spiro atoms. The average molecular weight is 403 g/mol. The molecule has 26 heavy (non-hydrogen) atoms. The van der Waals surface area contributed by atoms with Crippen LogP contribution in [0.15, 0.2) is 70.7 Å². The molecule has 0 nitrogen and oxygen atoms in total. The maximum absolute atomic E-state index is 3.57. The van der Waals surface area contributed by atoms with Gasteiger partial charge in [0.2, 0.25) is 0 Å². The van der Waals surface area contributed by atoms with E-state index in [0.29, 0.717) is 5.92 Å². The third-order valence-electron chi connectivity index (χ3n) is 6.10. The van der Waals surface area contributed by atoms with Crippen molar-refractivity contribution in [2.24, 2.45) is 0 Å². The third kappa shape index (κ3) is 2.74. The second-order valence-corrected chi connectivity index (χ2v) is 8.58. The van der Waals surface area contributed by atoms with Crippen molar-refractivity contribution >= 4 is 21.5 Å². The molecule has 0 saturated carbocycles. The van der Waals surface area contributed by atoms with Crippen molar-refractivity contribution in [1.82, 2.24) is 0 Å². The van der Waals surface area contributed by atoms with Crippen LogP contribution in [0.25, 0.3) is 16.7 Å². The van der Waals surface area contributed by atoms with Crippen molar-refractivity contribution in [3.8, 4) is 11.1 Å². The van der Waals surface area contributed by atoms with Gasteiger partial charge in [0.25, 0.3) is 0 Å². The molecule has 5 rings (SSSR count). The van der Waals surface area contributed by atoms with Gasteiger partial charge in [0.1, 0.15) is 0 Å². The van der Waals surface area contributed by atoms with Crippen LogP contribution in [0.1, 0.15) is 54.7 Å². The van der Waals surface area contributed by atoms with Crippen molar-refractivity contribution in [2.75, 3.05) is 0 Å². The van der Waals surface area contributed by atoms with Crippen LogP contribution in [0, 0.1) is 0 Å². The van der Waals surface area contributed by atoms with Crippen LogP contribution >= 0.6 is 15.9 Å². The zero-order valence-electron chi connectivity index (χ0n) is 15.0. The predicted octanol–water partition coefficient (Wildman–Crippen LogP) is 7.60. The lowest BCUT2D eigenvalue weighted by Gasteiger charge is -2.22. The molecule has 2 aromatic carbocycles. The topological polar surface area (TPSA) is 0 Å². The number of fused-ring (bicyclic) bond motifs is 2. The van der Waals surface area contributed by atoms with Gasteiger partial charge in [-0.15, -0.1) is 0 Å². The molecule has 0 bridgehead atoms. The molecule has 0 amide bonds. The maximum Gasteiger partial charge on any atom is 0.0175 e. The first-order chi connectivity index (χ1) is 12.8. The highest BCUT2D eigenvalue weighted by Crippen LogP contribution is 2.47. The Hall–Kier alpha value is -1.86. The molecule has 1 unspecified atom stereocenters. The van der Waals surface area contributed by atoms with Gasteiger partial charge in [0.05, 0.1) is 0 Å². The first kappa shape index (κ1) is 16.3. The van der Waals surface area contributed by atoms with E-state index in [1.165, 1.54) is 54.4 Å². The van der Waals surface area contributed by atoms with Gasteiger partial charge in [0.15, 0.2) is 0 Å². The Balaban J connectivity index is 1.70. The summed E-state index contributed by atoms with van der Waals surface area (Å²) in [6.45, 7) is 0. The summed E-state index contributed by atoms with van der Waals surface area (Å²) in [4.78, 5) is 0. The van der Waals surface area contributed by atoms with Crippen LogP contribution in [0.4, 0.5) is 0 Å². The number of hydrogen-bond acceptors (Lipinski definition) is 0. The molecule has 0 saturated heterocycles. The van der Waals surface area contributed by atoms with Crippen LogP contribution in [-0.2, 0) is 6.42 Å². The Morgan fingerprint density at radius 1 is 0.923 bits per heavy atom. The predicted molar refractivity (Wildman–Crippen MR) is 114 cm³/mol. The molecule has 0 aromatic heterocycles. The normalized spacial score (nSPS) is 21.0. The van der Waals surface area contributed by atoms with Gasteiger partial charge >= 0.3 is 0 Å². The fraction of sp³-hybridized carbons (Fsp3) is 0.280. The fourth-order valence-corrected chi connectivity index (χ4v) is 5.08. The molecule has 0 aliphatic heterocycles. The summed E-state index contributed by atoms with van der Waals surface area (Å²) in [5.41, 5.74) is 10.5. The highest BCUT2D eigenvalue weighted by atomic mass is 79.9. The standard InChI is InChI=1S/C25H23Br/c26-20-12-10-18(11-13-20)23-15-14-21(17-6-2-1-3-7-17)24-16-19-8-4-5-9-22(19)25(23)24/h2,5-6,9-15,17H,1,3-4,7-8,16H2. The second kappa shape index (κ2) is 6.70. The van der Waals surface area contributed by atoms with E-state index in [1.54, 1.807) is 16.7 Å². The molecule has 0 fully saturated rings. The Labute approximate surface area is 164 Å². The summed E-state index contributed by atoms with van der Waals surface area (Å²) in [6.07, 6.45) is 17.0. The van der Waals surface area contributed by atoms with Crippen LogP contribution in [0.2, 0.25) is 0 Å². The zero-order chi connectivity index (χ0) is 17.5. The quantitative estimate of drug-likeness (QED) is 0.453. The van der Waals surface area contributed by atoms with Crippen molar-refractivity contribution in [3.05, 3.63) is 87.4 Å². The molecule has 130 valence electrons. The van der Waals surface area contributed by atoms with E-state index in [2.05, 4.69) is 76.6 Å². The van der Waals surface area contributed by atoms with E-state index >= 15 is 0 Å². The number of rotatable bonds is 2. The third-order valence-corrected chi connectivity index (χ3v) is 6.62. The second-order valence-electron chi connectivity index (χ2n) is 7.66. The molecule has 3 aliphatic carbocycles. The Morgan fingerprint density at radius 3 is 2.62 bits per heavy atom. The fourth-order valence-electron chi connectivity index (χ4n) is 4.82. The summed E-state index contributed by atoms with van der Waals surface area (Å²) in [5.74, 6) is 0.599. The number of halogens is 1. The van der Waals surface area contributed by atoms with Crippen LogP contribution in [0.5, 0.6) is 0 Å². The smallest absolute Gasteiger partial charge is 0.0175 e. The van der Waals surface area contributed by atoms with Gasteiger partial charge in [-0.05, 0) is 84.0 Å². The van der Waals surface area contributed by atoms with Gasteiger partial charge in [-0.2, -0.15) is 0 Å². The number of hydrogen-bond donors (Lipinski definition) is 0. The number of benzene rings is 2. The van der Waals surface area contributed by atoms with E-state index in [9.17, 15) is 0 Å². The van der Waals surface area contributed by atoms with Gasteiger partial charge in [-0.25, -0.2) is 0 Å². The molecule has 1 heteroatoms. The monoisotopic (exact) mass is 402 g/mol. The minimum absolute atomic E-state index is 0.599. The van der Waals surface area contributed by atoms with Gasteiger partial charge in [0, 0.05) is 10.4 Å². The van der Waals surface area contributed by atoms with E-state index in [0.717, 1.165) is 10.9 Å². The lowest BCUT2D eigenvalue weighted by molar-refractivity contribution is 0.650. The van der Waals surface area contributed by atoms with Crippen LogP contribution in [0.3, 0.4) is 0 Å². The summed E-state index contributed by atoms with van der Waals surface area (Å²) in [5, 5.41) is 0. The summed E-state index contributed by atoms with van der Waals surface area (Å²) >= 11 is 3.57. The van der Waals surface area contributed by atoms with E-state index in [1.807, 2.05) is 0 Å². The Kier molecular flexibility index (Phi) is 4.21. The van der Waals surface area contributed by atoms with Crippen molar-refractivity contribution in [2.45, 2.75) is 44.4 Å². The molecular weight excluding hydrogens is 380 g/mol. The first-order valence-electron chi connectivity index (χ1n) is 9.78. The Morgan fingerprint density at radius 2 is 1.81 bits per heavy atom. The van der Waals surface area contributed by atoms with E-state index in [-0.39, 0.29) is 0 Å². The summed E-state index contributed by atoms with van der Waals surface area (Å²) in [6, 6.07) is 13.6. The van der Waals surface area contributed by atoms with Crippen LogP contribution < -0.4 is 0 Å². The molecule has 1 atom stereocenters. The van der Waals surface area contributed by atoms with Crippen molar-refractivity contribution < 1.29 is 0 Å². The summed E-state index contributed by atoms with van der Waals surface area (Å²) < 4.78 is 1.14. The minimum atomic E-state index is 0.599. The van der Waals surface area contributed by atoms with Gasteiger partial charge in [-0.1, -0.05) is 70.1 Å². The summed E-state index contributed by atoms with van der Waals surface area (Å²) in [7, 11) is 0. The van der Waals surface area contributed by atoms with Crippen molar-refractivity contribution in [3.63, 3.8) is 0 Å². The lowest BCUT2D eigenvalue weighted by Crippen LogP contribution is -2.05. The molecule has 0 heterocycles. The molecular formula is C25H23Br. The molecule has 0 N–H and O–H groups in total. The highest BCUT2D eigenvalue weighted by molar-refractivity contribution is 9.10. The van der Waals surface area contributed by atoms with E-state index in [4.69, 9.17) is 0 Å². The van der Waals surface area contributed by atoms with Gasteiger partial charge < -0.3 is 0 Å². The van der Waals surface area contributed by atoms with Gasteiger partial charge in [-0.3, -0.25) is 0 Å². The maximum atomic E-state index is 3.57. The first-order valence-corrected chi connectivity index (χ1v) is 10.6. The minimum Gasteiger partial charge on any atom is -0.0879 e. The zero-order valence-corrected chi connectivity index (χ0v) is 16.6. The molecule has 0 radical (unpaired) electrons. The molecule has 2 aromatic rings. The largest absolute Gasteiger partial charge is 0.0879 e. The SMILES string of the molecule is Brc1ccc(-c2ccc(C3C=CCCC3)c3c2C2=C(CCC=C2)C3)cc1. The Bertz CT molecular complexity index is 941. The number of allylic oxidation sites excluding steroid dienone is 6.